The van der Waals surface area contributed by atoms with Crippen LogP contribution >= 0.6 is 0 Å². The Morgan fingerprint density at radius 2 is 2.00 bits per heavy atom. The fraction of sp³-hybridized carbons (Fsp3) is 0.294. The molecule has 2 N–H and O–H groups in total. The van der Waals surface area contributed by atoms with Gasteiger partial charge in [0.15, 0.2) is 0 Å². The average Bonchev–Trinajstić information content (AvgIpc) is 2.86. The van der Waals surface area contributed by atoms with E-state index < -0.39 is 0 Å². The van der Waals surface area contributed by atoms with E-state index in [0.717, 1.165) is 26.1 Å². The van der Waals surface area contributed by atoms with Crippen LogP contribution in [0.1, 0.15) is 12.0 Å². The lowest BCUT2D eigenvalue weighted by molar-refractivity contribution is 0.198. The van der Waals surface area contributed by atoms with E-state index in [0.29, 0.717) is 11.4 Å². The highest BCUT2D eigenvalue weighted by Gasteiger charge is 2.24. The largest absolute Gasteiger partial charge is 0.489 e. The Bertz CT molecular complexity index is 583. The Morgan fingerprint density at radius 3 is 2.76 bits per heavy atom. The van der Waals surface area contributed by atoms with Crippen molar-refractivity contribution < 1.29 is 9.13 Å². The van der Waals surface area contributed by atoms with Crippen molar-refractivity contribution in [1.82, 2.24) is 4.90 Å². The summed E-state index contributed by atoms with van der Waals surface area (Å²) < 4.78 is 19.1. The smallest absolute Gasteiger partial charge is 0.128 e. The summed E-state index contributed by atoms with van der Waals surface area (Å²) in [6, 6.07) is 14.7. The summed E-state index contributed by atoms with van der Waals surface area (Å²) in [7, 11) is 0. The maximum Gasteiger partial charge on any atom is 0.128 e. The number of nitrogens with zero attached hydrogens (tertiary/aromatic N) is 1. The standard InChI is InChI=1S/C17H19FN2O/c18-14-8-15(19)10-17(9-14)21-16-6-7-20(12-16)11-13-4-2-1-3-5-13/h1-5,8-10,16H,6-7,11-12,19H2. The minimum atomic E-state index is -0.357. The summed E-state index contributed by atoms with van der Waals surface area (Å²) in [6.45, 7) is 2.77. The van der Waals surface area contributed by atoms with E-state index in [4.69, 9.17) is 10.5 Å². The first-order chi connectivity index (χ1) is 10.2. The molecule has 0 spiro atoms. The maximum atomic E-state index is 13.3. The summed E-state index contributed by atoms with van der Waals surface area (Å²) in [6.07, 6.45) is 1.04. The topological polar surface area (TPSA) is 38.5 Å². The van der Waals surface area contributed by atoms with Gasteiger partial charge in [-0.1, -0.05) is 30.3 Å². The highest BCUT2D eigenvalue weighted by molar-refractivity contribution is 5.44. The van der Waals surface area contributed by atoms with Crippen LogP contribution in [0.5, 0.6) is 5.75 Å². The molecule has 2 aromatic carbocycles. The zero-order chi connectivity index (χ0) is 14.7. The molecule has 1 atom stereocenters. The van der Waals surface area contributed by atoms with Gasteiger partial charge in [-0.15, -0.1) is 0 Å². The van der Waals surface area contributed by atoms with Crippen molar-refractivity contribution in [3.8, 4) is 5.75 Å². The highest BCUT2D eigenvalue weighted by atomic mass is 19.1. The Morgan fingerprint density at radius 1 is 1.19 bits per heavy atom. The molecule has 0 bridgehead atoms. The van der Waals surface area contributed by atoms with E-state index in [-0.39, 0.29) is 11.9 Å². The molecule has 1 unspecified atom stereocenters. The molecule has 3 nitrogen and oxygen atoms in total. The molecule has 1 fully saturated rings. The zero-order valence-electron chi connectivity index (χ0n) is 11.8. The van der Waals surface area contributed by atoms with Gasteiger partial charge < -0.3 is 10.5 Å². The number of nitrogen functional groups attached to an aromatic ring is 1. The van der Waals surface area contributed by atoms with Gasteiger partial charge >= 0.3 is 0 Å². The molecule has 110 valence electrons. The molecule has 2 aromatic rings. The minimum Gasteiger partial charge on any atom is -0.489 e. The third kappa shape index (κ3) is 3.73. The predicted molar refractivity (Wildman–Crippen MR) is 81.6 cm³/mol. The van der Waals surface area contributed by atoms with E-state index in [2.05, 4.69) is 29.2 Å². The summed E-state index contributed by atoms with van der Waals surface area (Å²) in [5, 5.41) is 0. The number of benzene rings is 2. The number of halogens is 1. The SMILES string of the molecule is Nc1cc(F)cc(OC2CCN(Cc3ccccc3)C2)c1. The van der Waals surface area contributed by atoms with Crippen LogP contribution in [0.15, 0.2) is 48.5 Å². The maximum absolute atomic E-state index is 13.3. The first-order valence-corrected chi connectivity index (χ1v) is 7.18. The third-order valence-corrected chi connectivity index (χ3v) is 3.67. The quantitative estimate of drug-likeness (QED) is 0.878. The highest BCUT2D eigenvalue weighted by Crippen LogP contribution is 2.23. The van der Waals surface area contributed by atoms with Crippen molar-refractivity contribution in [1.29, 1.82) is 0 Å². The molecule has 1 aliphatic heterocycles. The van der Waals surface area contributed by atoms with Gasteiger partial charge in [-0.05, 0) is 18.1 Å². The van der Waals surface area contributed by atoms with Crippen molar-refractivity contribution in [2.24, 2.45) is 0 Å². The van der Waals surface area contributed by atoms with Gasteiger partial charge in [-0.2, -0.15) is 0 Å². The van der Waals surface area contributed by atoms with Crippen molar-refractivity contribution in [3.63, 3.8) is 0 Å². The second kappa shape index (κ2) is 6.14. The van der Waals surface area contributed by atoms with Gasteiger partial charge in [0, 0.05) is 37.5 Å². The minimum absolute atomic E-state index is 0.0925. The number of anilines is 1. The molecule has 4 heteroatoms. The Balaban J connectivity index is 1.57. The summed E-state index contributed by atoms with van der Waals surface area (Å²) >= 11 is 0. The Hall–Kier alpha value is -2.07. The molecule has 0 aliphatic carbocycles. The van der Waals surface area contributed by atoms with Crippen LogP contribution in [0.4, 0.5) is 10.1 Å². The van der Waals surface area contributed by atoms with E-state index in [9.17, 15) is 4.39 Å². The molecule has 1 aliphatic rings. The number of hydrogen-bond acceptors (Lipinski definition) is 3. The molecule has 21 heavy (non-hydrogen) atoms. The van der Waals surface area contributed by atoms with Crippen LogP contribution in [0, 0.1) is 5.82 Å². The van der Waals surface area contributed by atoms with Crippen LogP contribution in [0.25, 0.3) is 0 Å². The van der Waals surface area contributed by atoms with Crippen molar-refractivity contribution in [2.75, 3.05) is 18.8 Å². The number of ether oxygens (including phenoxy) is 1. The molecule has 1 heterocycles. The van der Waals surface area contributed by atoms with Crippen molar-refractivity contribution in [3.05, 3.63) is 59.9 Å². The molecule has 0 saturated carbocycles. The van der Waals surface area contributed by atoms with Crippen molar-refractivity contribution >= 4 is 5.69 Å². The molecule has 1 saturated heterocycles. The molecule has 0 aromatic heterocycles. The lowest BCUT2D eigenvalue weighted by Gasteiger charge is -2.17. The Kier molecular flexibility index (Phi) is 4.06. The summed E-state index contributed by atoms with van der Waals surface area (Å²) in [5.41, 5.74) is 7.32. The zero-order valence-corrected chi connectivity index (χ0v) is 11.8. The van der Waals surface area contributed by atoms with E-state index in [1.165, 1.54) is 17.7 Å². The van der Waals surface area contributed by atoms with Crippen LogP contribution < -0.4 is 10.5 Å². The van der Waals surface area contributed by atoms with Crippen LogP contribution in [-0.4, -0.2) is 24.1 Å². The number of nitrogens with two attached hydrogens (primary N) is 1. The normalized spacial score (nSPS) is 18.8. The fourth-order valence-electron chi connectivity index (χ4n) is 2.72. The monoisotopic (exact) mass is 286 g/mol. The first kappa shape index (κ1) is 13.9. The third-order valence-electron chi connectivity index (χ3n) is 3.67. The number of likely N-dealkylation sites (tertiary alicyclic amines) is 1. The van der Waals surface area contributed by atoms with E-state index in [1.807, 2.05) is 6.07 Å². The lowest BCUT2D eigenvalue weighted by atomic mass is 10.2. The van der Waals surface area contributed by atoms with Gasteiger partial charge in [0.2, 0.25) is 0 Å². The summed E-state index contributed by atoms with van der Waals surface area (Å²) in [4.78, 5) is 2.35. The number of rotatable bonds is 4. The van der Waals surface area contributed by atoms with E-state index in [1.54, 1.807) is 6.07 Å². The number of hydrogen-bond donors (Lipinski definition) is 1. The Labute approximate surface area is 124 Å². The second-order valence-electron chi connectivity index (χ2n) is 5.47. The van der Waals surface area contributed by atoms with Gasteiger partial charge in [0.25, 0.3) is 0 Å². The fourth-order valence-corrected chi connectivity index (χ4v) is 2.72. The molecule has 0 amide bonds. The van der Waals surface area contributed by atoms with Crippen LogP contribution in [0.2, 0.25) is 0 Å². The lowest BCUT2D eigenvalue weighted by Crippen LogP contribution is -2.24. The van der Waals surface area contributed by atoms with Gasteiger partial charge in [-0.25, -0.2) is 4.39 Å². The predicted octanol–water partition coefficient (Wildman–Crippen LogP) is 3.06. The van der Waals surface area contributed by atoms with E-state index >= 15 is 0 Å². The molecule has 3 rings (SSSR count). The summed E-state index contributed by atoms with van der Waals surface area (Å²) in [5.74, 6) is 0.156. The van der Waals surface area contributed by atoms with Gasteiger partial charge in [-0.3, -0.25) is 4.90 Å². The molecule has 0 radical (unpaired) electrons. The van der Waals surface area contributed by atoms with Gasteiger partial charge in [0.1, 0.15) is 17.7 Å². The first-order valence-electron chi connectivity index (χ1n) is 7.18. The molecular weight excluding hydrogens is 267 g/mol. The van der Waals surface area contributed by atoms with Crippen molar-refractivity contribution in [2.45, 2.75) is 19.1 Å². The average molecular weight is 286 g/mol. The van der Waals surface area contributed by atoms with Gasteiger partial charge in [0.05, 0.1) is 0 Å². The van der Waals surface area contributed by atoms with Crippen LogP contribution in [-0.2, 0) is 6.54 Å². The molecular formula is C17H19FN2O. The van der Waals surface area contributed by atoms with Crippen LogP contribution in [0.3, 0.4) is 0 Å². The second-order valence-corrected chi connectivity index (χ2v) is 5.47.